The molecule has 0 unspecified atom stereocenters. The Balaban J connectivity index is 1.54. The number of aliphatic hydroxyl groups is 1. The summed E-state index contributed by atoms with van der Waals surface area (Å²) in [5.41, 5.74) is 3.38. The van der Waals surface area contributed by atoms with E-state index in [9.17, 15) is 5.11 Å². The van der Waals surface area contributed by atoms with E-state index in [1.807, 2.05) is 0 Å². The van der Waals surface area contributed by atoms with Crippen molar-refractivity contribution in [1.29, 1.82) is 0 Å². The predicted octanol–water partition coefficient (Wildman–Crippen LogP) is 8.02. The third-order valence-electron chi connectivity index (χ3n) is 13.5. The summed E-state index contributed by atoms with van der Waals surface area (Å²) in [4.78, 5) is 0. The zero-order chi connectivity index (χ0) is 22.6. The molecule has 1 N–H and O–H groups in total. The number of aliphatic hydroxyl groups excluding tert-OH is 1. The van der Waals surface area contributed by atoms with Gasteiger partial charge in [-0.15, -0.1) is 0 Å². The highest BCUT2D eigenvalue weighted by atomic mass is 16.3. The fourth-order valence-corrected chi connectivity index (χ4v) is 11.5. The van der Waals surface area contributed by atoms with Crippen LogP contribution in [0.3, 0.4) is 0 Å². The topological polar surface area (TPSA) is 20.2 Å². The smallest absolute Gasteiger partial charge is 0.0594 e. The summed E-state index contributed by atoms with van der Waals surface area (Å²) in [5, 5.41) is 10.9. The summed E-state index contributed by atoms with van der Waals surface area (Å²) in [6.45, 7) is 22.3. The molecule has 1 nitrogen and oxygen atoms in total. The predicted molar refractivity (Wildman–Crippen MR) is 131 cm³/mol. The van der Waals surface area contributed by atoms with Gasteiger partial charge in [-0.3, -0.25) is 0 Å². The highest BCUT2D eigenvalue weighted by Crippen LogP contribution is 2.77. The second kappa shape index (κ2) is 6.64. The molecule has 31 heavy (non-hydrogen) atoms. The van der Waals surface area contributed by atoms with E-state index < -0.39 is 0 Å². The van der Waals surface area contributed by atoms with Crippen LogP contribution in [0.15, 0.2) is 12.2 Å². The van der Waals surface area contributed by atoms with Crippen molar-refractivity contribution >= 4 is 0 Å². The van der Waals surface area contributed by atoms with Crippen LogP contribution in [-0.2, 0) is 0 Å². The summed E-state index contributed by atoms with van der Waals surface area (Å²) in [6, 6.07) is 0. The minimum Gasteiger partial charge on any atom is -0.393 e. The Hall–Kier alpha value is -0.300. The van der Waals surface area contributed by atoms with Crippen LogP contribution in [0.1, 0.15) is 113 Å². The SMILES string of the molecule is C=C(C)[C@@H]1CC[C@]2(C)CC[C@]3(C)[C@@H](CC[C@@H]4[C@@]5(C)CC[C@H](O)C(C)(C)[C@@H]5CC[C@]43C)[C@H]12. The van der Waals surface area contributed by atoms with Gasteiger partial charge in [0.05, 0.1) is 6.10 Å². The lowest BCUT2D eigenvalue weighted by molar-refractivity contribution is -0.246. The van der Waals surface area contributed by atoms with Crippen LogP contribution in [0.25, 0.3) is 0 Å². The van der Waals surface area contributed by atoms with Crippen LogP contribution < -0.4 is 0 Å². The molecule has 0 spiro atoms. The first kappa shape index (κ1) is 22.5. The van der Waals surface area contributed by atoms with Crippen molar-refractivity contribution in [1.82, 2.24) is 0 Å². The van der Waals surface area contributed by atoms with Crippen LogP contribution in [0.4, 0.5) is 0 Å². The summed E-state index contributed by atoms with van der Waals surface area (Å²) in [5.74, 6) is 3.98. The van der Waals surface area contributed by atoms with Crippen LogP contribution in [0.5, 0.6) is 0 Å². The van der Waals surface area contributed by atoms with E-state index >= 15 is 0 Å². The van der Waals surface area contributed by atoms with Crippen LogP contribution >= 0.6 is 0 Å². The molecule has 10 atom stereocenters. The number of fused-ring (bicyclic) bond motifs is 7. The van der Waals surface area contributed by atoms with Gasteiger partial charge in [-0.2, -0.15) is 0 Å². The Morgan fingerprint density at radius 1 is 0.742 bits per heavy atom. The first-order valence-corrected chi connectivity index (χ1v) is 13.6. The van der Waals surface area contributed by atoms with Gasteiger partial charge < -0.3 is 5.11 Å². The molecular formula is C30H50O. The van der Waals surface area contributed by atoms with Crippen LogP contribution in [-0.4, -0.2) is 11.2 Å². The van der Waals surface area contributed by atoms with E-state index in [2.05, 4.69) is 55.0 Å². The van der Waals surface area contributed by atoms with Crippen molar-refractivity contribution in [2.45, 2.75) is 119 Å². The van der Waals surface area contributed by atoms with E-state index in [4.69, 9.17) is 0 Å². The molecule has 0 saturated heterocycles. The lowest BCUT2D eigenvalue weighted by Crippen LogP contribution is -2.66. The molecule has 1 heteroatoms. The van der Waals surface area contributed by atoms with Gasteiger partial charge in [0.2, 0.25) is 0 Å². The molecule has 5 saturated carbocycles. The maximum absolute atomic E-state index is 10.9. The summed E-state index contributed by atoms with van der Waals surface area (Å²) < 4.78 is 0. The van der Waals surface area contributed by atoms with E-state index in [-0.39, 0.29) is 11.5 Å². The van der Waals surface area contributed by atoms with Gasteiger partial charge in [0, 0.05) is 0 Å². The van der Waals surface area contributed by atoms with Gasteiger partial charge >= 0.3 is 0 Å². The monoisotopic (exact) mass is 426 g/mol. The van der Waals surface area contributed by atoms with Crippen molar-refractivity contribution < 1.29 is 5.11 Å². The summed E-state index contributed by atoms with van der Waals surface area (Å²) >= 11 is 0. The minimum absolute atomic E-state index is 0.0632. The second-order valence-electron chi connectivity index (χ2n) is 14.7. The molecule has 5 aliphatic carbocycles. The van der Waals surface area contributed by atoms with Crippen LogP contribution in [0, 0.1) is 56.7 Å². The Morgan fingerprint density at radius 2 is 1.45 bits per heavy atom. The highest BCUT2D eigenvalue weighted by molar-refractivity contribution is 5.21. The maximum atomic E-state index is 10.9. The summed E-state index contributed by atoms with van der Waals surface area (Å²) in [6.07, 6.45) is 13.4. The van der Waals surface area contributed by atoms with Gasteiger partial charge in [-0.25, -0.2) is 0 Å². The third-order valence-corrected chi connectivity index (χ3v) is 13.5. The molecule has 0 radical (unpaired) electrons. The molecule has 0 amide bonds. The second-order valence-corrected chi connectivity index (χ2v) is 14.7. The molecule has 5 aliphatic rings. The molecule has 176 valence electrons. The van der Waals surface area contributed by atoms with Crippen molar-refractivity contribution in [3.05, 3.63) is 12.2 Å². The maximum Gasteiger partial charge on any atom is 0.0594 e. The lowest BCUT2D eigenvalue weighted by atomic mass is 9.32. The van der Waals surface area contributed by atoms with Gasteiger partial charge in [0.1, 0.15) is 0 Å². The molecule has 0 aromatic heterocycles. The first-order chi connectivity index (χ1) is 14.3. The molecule has 0 aromatic rings. The van der Waals surface area contributed by atoms with E-state index in [0.717, 1.165) is 30.1 Å². The van der Waals surface area contributed by atoms with Crippen LogP contribution in [0.2, 0.25) is 0 Å². The zero-order valence-corrected chi connectivity index (χ0v) is 21.7. The average molecular weight is 427 g/mol. The highest BCUT2D eigenvalue weighted by Gasteiger charge is 2.70. The largest absolute Gasteiger partial charge is 0.393 e. The molecular weight excluding hydrogens is 376 g/mol. The van der Waals surface area contributed by atoms with Gasteiger partial charge in [-0.1, -0.05) is 53.7 Å². The number of rotatable bonds is 1. The first-order valence-electron chi connectivity index (χ1n) is 13.6. The molecule has 0 heterocycles. The van der Waals surface area contributed by atoms with Gasteiger partial charge in [0.15, 0.2) is 0 Å². The fourth-order valence-electron chi connectivity index (χ4n) is 11.5. The Labute approximate surface area is 192 Å². The minimum atomic E-state index is -0.118. The molecule has 0 aliphatic heterocycles. The standard InChI is InChI=1S/C30H50O/c1-19(2)20-11-14-27(5)17-18-29(7)21(25(20)27)9-10-23-28(6)15-13-24(31)26(3,4)22(28)12-16-30(23,29)8/h20-25,31H,1,9-18H2,2-8H3/t20-,21-,22-,23+,24-,25-,27+,28-,29+,30+/m0/s1. The average Bonchev–Trinajstić information content (AvgIpc) is 3.04. The van der Waals surface area contributed by atoms with E-state index in [0.29, 0.717) is 27.6 Å². The van der Waals surface area contributed by atoms with E-state index in [1.165, 1.54) is 63.4 Å². The zero-order valence-electron chi connectivity index (χ0n) is 21.7. The Bertz CT molecular complexity index is 766. The number of hydrogen-bond acceptors (Lipinski definition) is 1. The van der Waals surface area contributed by atoms with Crippen molar-refractivity contribution in [3.63, 3.8) is 0 Å². The molecule has 5 fully saturated rings. The summed E-state index contributed by atoms with van der Waals surface area (Å²) in [7, 11) is 0. The lowest BCUT2D eigenvalue weighted by Gasteiger charge is -2.73. The van der Waals surface area contributed by atoms with Crippen molar-refractivity contribution in [2.24, 2.45) is 56.7 Å². The Kier molecular flexibility index (Phi) is 4.82. The number of allylic oxidation sites excluding steroid dienone is 1. The Morgan fingerprint density at radius 3 is 2.13 bits per heavy atom. The quantitative estimate of drug-likeness (QED) is 0.421. The van der Waals surface area contributed by atoms with E-state index in [1.54, 1.807) is 0 Å². The normalized spacial score (nSPS) is 57.9. The van der Waals surface area contributed by atoms with Gasteiger partial charge in [0.25, 0.3) is 0 Å². The van der Waals surface area contributed by atoms with Crippen molar-refractivity contribution in [2.75, 3.05) is 0 Å². The molecule has 0 aromatic carbocycles. The van der Waals surface area contributed by atoms with Gasteiger partial charge in [-0.05, 0) is 128 Å². The van der Waals surface area contributed by atoms with Crippen molar-refractivity contribution in [3.8, 4) is 0 Å². The molecule has 5 rings (SSSR count). The molecule has 0 bridgehead atoms. The number of hydrogen-bond donors (Lipinski definition) is 1. The third kappa shape index (κ3) is 2.65. The fraction of sp³-hybridized carbons (Fsp3) is 0.933.